The van der Waals surface area contributed by atoms with Crippen LogP contribution in [0.3, 0.4) is 0 Å². The number of aliphatic imine (C=N–C) groups is 1. The number of rotatable bonds is 4. The lowest BCUT2D eigenvalue weighted by Gasteiger charge is -2.18. The Morgan fingerprint density at radius 3 is 2.79 bits per heavy atom. The number of aromatic nitrogens is 1. The van der Waals surface area contributed by atoms with E-state index in [1.807, 2.05) is 6.92 Å². The van der Waals surface area contributed by atoms with Crippen LogP contribution in [0.2, 0.25) is 0 Å². The second-order valence-corrected chi connectivity index (χ2v) is 5.96. The molecule has 0 spiro atoms. The van der Waals surface area contributed by atoms with Crippen molar-refractivity contribution in [2.45, 2.75) is 39.7 Å². The lowest BCUT2D eigenvalue weighted by atomic mass is 10.2. The van der Waals surface area contributed by atoms with Gasteiger partial charge in [-0.2, -0.15) is 0 Å². The lowest BCUT2D eigenvalue weighted by Crippen LogP contribution is -2.27. The van der Waals surface area contributed by atoms with Crippen molar-refractivity contribution in [3.8, 4) is 0 Å². The molecule has 0 saturated heterocycles. The molecule has 19 heavy (non-hydrogen) atoms. The summed E-state index contributed by atoms with van der Waals surface area (Å²) in [6, 6.07) is 0. The molecule has 0 unspecified atom stereocenters. The number of hydrogen-bond donors (Lipinski definition) is 1. The van der Waals surface area contributed by atoms with Crippen LogP contribution >= 0.6 is 11.3 Å². The van der Waals surface area contributed by atoms with Crippen LogP contribution in [-0.4, -0.2) is 29.3 Å². The number of nitrogens with zero attached hydrogens (tertiary/aromatic N) is 2. The molecule has 0 radical (unpaired) electrons. The van der Waals surface area contributed by atoms with E-state index < -0.39 is 11.7 Å². The maximum atomic E-state index is 11.6. The SMILES string of the molecule is Cc1nc(NC(=O)OC(C)(C)C)sc1CCN=C=O. The Kier molecular flexibility index (Phi) is 5.20. The molecule has 1 heterocycles. The monoisotopic (exact) mass is 283 g/mol. The Hall–Kier alpha value is -1.72. The van der Waals surface area contributed by atoms with Gasteiger partial charge in [-0.3, -0.25) is 5.32 Å². The minimum absolute atomic E-state index is 0.373. The van der Waals surface area contributed by atoms with Crippen LogP contribution < -0.4 is 5.32 Å². The molecule has 0 fully saturated rings. The van der Waals surface area contributed by atoms with Gasteiger partial charge in [-0.1, -0.05) is 0 Å². The van der Waals surface area contributed by atoms with E-state index in [0.29, 0.717) is 18.1 Å². The van der Waals surface area contributed by atoms with Crippen molar-refractivity contribution >= 4 is 28.6 Å². The first-order chi connectivity index (χ1) is 8.81. The van der Waals surface area contributed by atoms with E-state index >= 15 is 0 Å². The van der Waals surface area contributed by atoms with Gasteiger partial charge in [0.05, 0.1) is 12.2 Å². The molecule has 0 aliphatic carbocycles. The lowest BCUT2D eigenvalue weighted by molar-refractivity contribution is 0.0636. The van der Waals surface area contributed by atoms with Crippen LogP contribution in [0, 0.1) is 6.92 Å². The van der Waals surface area contributed by atoms with Crippen molar-refractivity contribution in [3.63, 3.8) is 0 Å². The quantitative estimate of drug-likeness (QED) is 0.680. The van der Waals surface area contributed by atoms with Crippen LogP contribution in [0.25, 0.3) is 0 Å². The summed E-state index contributed by atoms with van der Waals surface area (Å²) in [6.45, 7) is 7.60. The summed E-state index contributed by atoms with van der Waals surface area (Å²) >= 11 is 1.35. The molecule has 6 nitrogen and oxygen atoms in total. The number of carbonyl (C=O) groups excluding carboxylic acids is 2. The first kappa shape index (κ1) is 15.3. The Morgan fingerprint density at radius 1 is 1.53 bits per heavy atom. The normalized spacial score (nSPS) is 10.7. The van der Waals surface area contributed by atoms with Crippen LogP contribution in [0.4, 0.5) is 9.93 Å². The summed E-state index contributed by atoms with van der Waals surface area (Å²) < 4.78 is 5.14. The Balaban J connectivity index is 2.62. The summed E-state index contributed by atoms with van der Waals surface area (Å²) in [5, 5.41) is 3.07. The van der Waals surface area contributed by atoms with Gasteiger partial charge in [-0.25, -0.2) is 19.6 Å². The van der Waals surface area contributed by atoms with E-state index in [0.717, 1.165) is 10.6 Å². The maximum absolute atomic E-state index is 11.6. The van der Waals surface area contributed by atoms with Crippen LogP contribution in [0.1, 0.15) is 31.3 Å². The third-order valence-corrected chi connectivity index (χ3v) is 3.15. The molecule has 1 aromatic heterocycles. The maximum Gasteiger partial charge on any atom is 0.413 e. The van der Waals surface area contributed by atoms with Crippen molar-refractivity contribution < 1.29 is 14.3 Å². The molecule has 0 aliphatic heterocycles. The summed E-state index contributed by atoms with van der Waals surface area (Å²) in [5.74, 6) is 0. The minimum Gasteiger partial charge on any atom is -0.444 e. The second kappa shape index (κ2) is 6.45. The molecule has 1 rings (SSSR count). The molecule has 0 atom stereocenters. The molecular weight excluding hydrogens is 266 g/mol. The van der Waals surface area contributed by atoms with Gasteiger partial charge in [0.1, 0.15) is 5.60 Å². The highest BCUT2D eigenvalue weighted by molar-refractivity contribution is 7.15. The predicted molar refractivity (Wildman–Crippen MR) is 73.4 cm³/mol. The summed E-state index contributed by atoms with van der Waals surface area (Å²) in [5.41, 5.74) is 0.273. The van der Waals surface area contributed by atoms with E-state index in [1.165, 1.54) is 17.4 Å². The number of carbonyl (C=O) groups is 1. The number of ether oxygens (including phenoxy) is 1. The Morgan fingerprint density at radius 2 is 2.21 bits per heavy atom. The first-order valence-corrected chi connectivity index (χ1v) is 6.63. The Labute approximate surface area is 115 Å². The van der Waals surface area contributed by atoms with Gasteiger partial charge in [0.15, 0.2) is 5.13 Å². The fraction of sp³-hybridized carbons (Fsp3) is 0.583. The molecule has 0 saturated carbocycles. The standard InChI is InChI=1S/C12H17N3O3S/c1-8-9(5-6-13-7-16)19-10(14-8)15-11(17)18-12(2,3)4/h5-6H2,1-4H3,(H,14,15,17). The molecule has 0 aliphatic rings. The van der Waals surface area contributed by atoms with Crippen molar-refractivity contribution in [1.29, 1.82) is 0 Å². The fourth-order valence-electron chi connectivity index (χ4n) is 1.31. The number of amides is 1. The highest BCUT2D eigenvalue weighted by Gasteiger charge is 2.17. The smallest absolute Gasteiger partial charge is 0.413 e. The van der Waals surface area contributed by atoms with Crippen LogP contribution in [-0.2, 0) is 16.0 Å². The van der Waals surface area contributed by atoms with Crippen molar-refractivity contribution in [2.75, 3.05) is 11.9 Å². The van der Waals surface area contributed by atoms with E-state index in [2.05, 4.69) is 15.3 Å². The molecule has 0 bridgehead atoms. The number of aryl methyl sites for hydroxylation is 1. The second-order valence-electron chi connectivity index (χ2n) is 4.88. The fourth-order valence-corrected chi connectivity index (χ4v) is 2.24. The molecule has 1 amide bonds. The van der Waals surface area contributed by atoms with E-state index in [9.17, 15) is 9.59 Å². The van der Waals surface area contributed by atoms with Crippen molar-refractivity contribution in [3.05, 3.63) is 10.6 Å². The molecule has 7 heteroatoms. The molecular formula is C12H17N3O3S. The van der Waals surface area contributed by atoms with Gasteiger partial charge in [0.2, 0.25) is 6.08 Å². The molecule has 1 N–H and O–H groups in total. The van der Waals surface area contributed by atoms with Gasteiger partial charge >= 0.3 is 6.09 Å². The average Bonchev–Trinajstić information content (AvgIpc) is 2.56. The van der Waals surface area contributed by atoms with E-state index in [-0.39, 0.29) is 0 Å². The zero-order valence-corrected chi connectivity index (χ0v) is 12.3. The topological polar surface area (TPSA) is 80.7 Å². The minimum atomic E-state index is -0.544. The van der Waals surface area contributed by atoms with Crippen molar-refractivity contribution in [1.82, 2.24) is 4.98 Å². The zero-order valence-electron chi connectivity index (χ0n) is 11.4. The third-order valence-electron chi connectivity index (χ3n) is 2.02. The molecule has 104 valence electrons. The van der Waals surface area contributed by atoms with Crippen LogP contribution in [0.15, 0.2) is 4.99 Å². The first-order valence-electron chi connectivity index (χ1n) is 5.82. The molecule has 1 aromatic rings. The Bertz CT molecular complexity index is 499. The largest absolute Gasteiger partial charge is 0.444 e. The average molecular weight is 283 g/mol. The van der Waals surface area contributed by atoms with Gasteiger partial charge in [0, 0.05) is 11.3 Å². The third kappa shape index (κ3) is 5.63. The summed E-state index contributed by atoms with van der Waals surface area (Å²) in [7, 11) is 0. The highest BCUT2D eigenvalue weighted by Crippen LogP contribution is 2.23. The predicted octanol–water partition coefficient (Wildman–Crippen LogP) is 2.68. The summed E-state index contributed by atoms with van der Waals surface area (Å²) in [4.78, 5) is 30.2. The number of hydrogen-bond acceptors (Lipinski definition) is 6. The number of isocyanates is 1. The van der Waals surface area contributed by atoms with Gasteiger partial charge in [-0.05, 0) is 27.7 Å². The van der Waals surface area contributed by atoms with Crippen LogP contribution in [0.5, 0.6) is 0 Å². The van der Waals surface area contributed by atoms with Gasteiger partial charge in [0.25, 0.3) is 0 Å². The van der Waals surface area contributed by atoms with Crippen molar-refractivity contribution in [2.24, 2.45) is 4.99 Å². The van der Waals surface area contributed by atoms with E-state index in [4.69, 9.17) is 4.74 Å². The zero-order chi connectivity index (χ0) is 14.5. The van der Waals surface area contributed by atoms with Gasteiger partial charge < -0.3 is 4.74 Å². The van der Waals surface area contributed by atoms with Gasteiger partial charge in [-0.15, -0.1) is 11.3 Å². The number of thiazole rings is 1. The molecule has 0 aromatic carbocycles. The number of anilines is 1. The highest BCUT2D eigenvalue weighted by atomic mass is 32.1. The summed E-state index contributed by atoms with van der Waals surface area (Å²) in [6.07, 6.45) is 1.57. The number of nitrogens with one attached hydrogen (secondary N) is 1. The van der Waals surface area contributed by atoms with E-state index in [1.54, 1.807) is 20.8 Å².